The maximum absolute atomic E-state index is 11.1. The monoisotopic (exact) mass is 265 g/mol. The minimum absolute atomic E-state index is 0.0167. The van der Waals surface area contributed by atoms with Gasteiger partial charge in [-0.05, 0) is 18.6 Å². The van der Waals surface area contributed by atoms with Crippen LogP contribution >= 0.6 is 11.6 Å². The van der Waals surface area contributed by atoms with E-state index in [9.17, 15) is 4.79 Å². The van der Waals surface area contributed by atoms with Crippen molar-refractivity contribution in [2.75, 3.05) is 6.79 Å². The molecule has 2 aromatic rings. The summed E-state index contributed by atoms with van der Waals surface area (Å²) in [7, 11) is 0. The number of carbonyl (C=O) groups is 1. The van der Waals surface area contributed by atoms with Gasteiger partial charge in [0.1, 0.15) is 10.7 Å². The Hall–Kier alpha value is -2.01. The van der Waals surface area contributed by atoms with Gasteiger partial charge in [-0.25, -0.2) is 9.78 Å². The molecular weight excluding hydrogens is 258 g/mol. The summed E-state index contributed by atoms with van der Waals surface area (Å²) in [5.41, 5.74) is 1.17. The molecule has 1 aromatic heterocycles. The van der Waals surface area contributed by atoms with Crippen LogP contribution in [0.15, 0.2) is 12.1 Å². The number of fused-ring (bicyclic) bond motifs is 2. The molecule has 1 aliphatic rings. The quantitative estimate of drug-likeness (QED) is 0.803. The molecule has 1 aliphatic heterocycles. The highest BCUT2D eigenvalue weighted by Crippen LogP contribution is 2.38. The van der Waals surface area contributed by atoms with Crippen LogP contribution in [-0.4, -0.2) is 22.9 Å². The number of aromatic carboxylic acids is 1. The van der Waals surface area contributed by atoms with Gasteiger partial charge in [0, 0.05) is 11.5 Å². The predicted molar refractivity (Wildman–Crippen MR) is 64.6 cm³/mol. The van der Waals surface area contributed by atoms with Gasteiger partial charge in [0.15, 0.2) is 11.5 Å². The molecule has 18 heavy (non-hydrogen) atoms. The first kappa shape index (κ1) is 11.1. The number of hydrogen-bond acceptors (Lipinski definition) is 4. The second-order valence-corrected chi connectivity index (χ2v) is 4.29. The van der Waals surface area contributed by atoms with Gasteiger partial charge in [0.2, 0.25) is 6.79 Å². The number of carboxylic acids is 1. The number of ether oxygens (including phenoxy) is 2. The van der Waals surface area contributed by atoms with Gasteiger partial charge < -0.3 is 14.6 Å². The largest absolute Gasteiger partial charge is 0.478 e. The van der Waals surface area contributed by atoms with Crippen LogP contribution in [0.4, 0.5) is 0 Å². The average Bonchev–Trinajstić information content (AvgIpc) is 2.73. The second kappa shape index (κ2) is 3.74. The summed E-state index contributed by atoms with van der Waals surface area (Å²) >= 11 is 5.89. The molecule has 0 radical (unpaired) electrons. The molecule has 0 bridgehead atoms. The summed E-state index contributed by atoms with van der Waals surface area (Å²) in [6.07, 6.45) is 0. The zero-order chi connectivity index (χ0) is 12.9. The summed E-state index contributed by atoms with van der Waals surface area (Å²) in [4.78, 5) is 15.2. The summed E-state index contributed by atoms with van der Waals surface area (Å²) in [6.45, 7) is 1.85. The fraction of sp³-hybridized carbons (Fsp3) is 0.167. The number of carboxylic acid groups (broad SMARTS) is 1. The standard InChI is InChI=1S/C12H8ClNO4/c1-5-6-2-8-9(18-4-17-8)3-7(6)14-11(13)10(5)12(15)16/h2-3H,4H2,1H3,(H,15,16). The van der Waals surface area contributed by atoms with E-state index in [1.807, 2.05) is 0 Å². The van der Waals surface area contributed by atoms with Gasteiger partial charge in [-0.2, -0.15) is 0 Å². The molecular formula is C12H8ClNO4. The molecule has 1 N–H and O–H groups in total. The van der Waals surface area contributed by atoms with Crippen molar-refractivity contribution in [1.82, 2.24) is 4.98 Å². The Morgan fingerprint density at radius 2 is 2.06 bits per heavy atom. The van der Waals surface area contributed by atoms with E-state index >= 15 is 0 Å². The number of benzene rings is 1. The topological polar surface area (TPSA) is 68.7 Å². The van der Waals surface area contributed by atoms with Crippen molar-refractivity contribution in [2.24, 2.45) is 0 Å². The maximum atomic E-state index is 11.1. The third-order valence-corrected chi connectivity index (χ3v) is 3.18. The summed E-state index contributed by atoms with van der Waals surface area (Å²) in [6, 6.07) is 3.42. The van der Waals surface area contributed by atoms with Crippen LogP contribution in [0.1, 0.15) is 15.9 Å². The van der Waals surface area contributed by atoms with Crippen molar-refractivity contribution in [1.29, 1.82) is 0 Å². The van der Waals surface area contributed by atoms with E-state index in [0.29, 0.717) is 28.0 Å². The Bertz CT molecular complexity index is 684. The lowest BCUT2D eigenvalue weighted by atomic mass is 10.0. The number of nitrogens with zero attached hydrogens (tertiary/aromatic N) is 1. The van der Waals surface area contributed by atoms with E-state index in [1.54, 1.807) is 19.1 Å². The van der Waals surface area contributed by atoms with E-state index in [0.717, 1.165) is 0 Å². The molecule has 0 aliphatic carbocycles. The first-order chi connectivity index (χ1) is 8.58. The molecule has 2 heterocycles. The highest BCUT2D eigenvalue weighted by Gasteiger charge is 2.20. The molecule has 1 aromatic carbocycles. The fourth-order valence-corrected chi connectivity index (χ4v) is 2.34. The van der Waals surface area contributed by atoms with Crippen molar-refractivity contribution in [3.8, 4) is 11.5 Å². The van der Waals surface area contributed by atoms with Gasteiger partial charge in [-0.3, -0.25) is 0 Å². The number of hydrogen-bond donors (Lipinski definition) is 1. The number of aromatic nitrogens is 1. The molecule has 92 valence electrons. The Labute approximate surface area is 107 Å². The second-order valence-electron chi connectivity index (χ2n) is 3.93. The van der Waals surface area contributed by atoms with Crippen LogP contribution in [0.25, 0.3) is 10.9 Å². The van der Waals surface area contributed by atoms with E-state index < -0.39 is 5.97 Å². The van der Waals surface area contributed by atoms with E-state index in [2.05, 4.69) is 4.98 Å². The van der Waals surface area contributed by atoms with Crippen LogP contribution in [0, 0.1) is 6.92 Å². The summed E-state index contributed by atoms with van der Waals surface area (Å²) in [5.74, 6) is 0.0872. The maximum Gasteiger partial charge on any atom is 0.339 e. The van der Waals surface area contributed by atoms with E-state index in [4.69, 9.17) is 26.2 Å². The smallest absolute Gasteiger partial charge is 0.339 e. The highest BCUT2D eigenvalue weighted by molar-refractivity contribution is 6.33. The molecule has 3 rings (SSSR count). The van der Waals surface area contributed by atoms with Gasteiger partial charge in [0.25, 0.3) is 0 Å². The minimum atomic E-state index is -1.09. The predicted octanol–water partition coefficient (Wildman–Crippen LogP) is 2.62. The zero-order valence-corrected chi connectivity index (χ0v) is 10.1. The zero-order valence-electron chi connectivity index (χ0n) is 9.36. The number of pyridine rings is 1. The third-order valence-electron chi connectivity index (χ3n) is 2.91. The SMILES string of the molecule is Cc1c(C(=O)O)c(Cl)nc2cc3c(cc12)OCO3. The first-order valence-electron chi connectivity index (χ1n) is 5.20. The summed E-state index contributed by atoms with van der Waals surface area (Å²) in [5, 5.41) is 9.79. The lowest BCUT2D eigenvalue weighted by Crippen LogP contribution is -2.03. The van der Waals surface area contributed by atoms with Gasteiger partial charge in [-0.1, -0.05) is 11.6 Å². The molecule has 0 fully saturated rings. The van der Waals surface area contributed by atoms with E-state index in [1.165, 1.54) is 0 Å². The third kappa shape index (κ3) is 1.48. The molecule has 0 saturated carbocycles. The molecule has 5 nitrogen and oxygen atoms in total. The molecule has 0 atom stereocenters. The Morgan fingerprint density at radius 3 is 2.72 bits per heavy atom. The normalized spacial score (nSPS) is 13.0. The highest BCUT2D eigenvalue weighted by atomic mass is 35.5. The number of aryl methyl sites for hydroxylation is 1. The Kier molecular flexibility index (Phi) is 2.31. The van der Waals surface area contributed by atoms with Crippen LogP contribution in [0.3, 0.4) is 0 Å². The van der Waals surface area contributed by atoms with Crippen LogP contribution in [-0.2, 0) is 0 Å². The van der Waals surface area contributed by atoms with E-state index in [-0.39, 0.29) is 17.5 Å². The molecule has 6 heteroatoms. The summed E-state index contributed by atoms with van der Waals surface area (Å²) < 4.78 is 10.5. The van der Waals surface area contributed by atoms with Gasteiger partial charge in [0.05, 0.1) is 5.52 Å². The van der Waals surface area contributed by atoms with Crippen molar-refractivity contribution in [3.05, 3.63) is 28.4 Å². The van der Waals surface area contributed by atoms with Crippen molar-refractivity contribution < 1.29 is 19.4 Å². The van der Waals surface area contributed by atoms with Crippen LogP contribution in [0.2, 0.25) is 5.15 Å². The average molecular weight is 266 g/mol. The van der Waals surface area contributed by atoms with Crippen LogP contribution < -0.4 is 9.47 Å². The lowest BCUT2D eigenvalue weighted by molar-refractivity contribution is 0.0696. The Morgan fingerprint density at radius 1 is 1.39 bits per heavy atom. The van der Waals surface area contributed by atoms with Crippen molar-refractivity contribution in [3.63, 3.8) is 0 Å². The van der Waals surface area contributed by atoms with Crippen molar-refractivity contribution >= 4 is 28.5 Å². The Balaban J connectivity index is 2.38. The first-order valence-corrected chi connectivity index (χ1v) is 5.58. The minimum Gasteiger partial charge on any atom is -0.478 e. The molecule has 0 amide bonds. The molecule has 0 spiro atoms. The number of rotatable bonds is 1. The number of halogens is 1. The van der Waals surface area contributed by atoms with Crippen LogP contribution in [0.5, 0.6) is 11.5 Å². The lowest BCUT2D eigenvalue weighted by Gasteiger charge is -2.08. The van der Waals surface area contributed by atoms with Gasteiger partial charge >= 0.3 is 5.97 Å². The molecule has 0 saturated heterocycles. The van der Waals surface area contributed by atoms with Crippen molar-refractivity contribution in [2.45, 2.75) is 6.92 Å². The fourth-order valence-electron chi connectivity index (χ4n) is 2.02. The molecule has 0 unspecified atom stereocenters. The van der Waals surface area contributed by atoms with Gasteiger partial charge in [-0.15, -0.1) is 0 Å².